The molecule has 2 N–H and O–H groups in total. The van der Waals surface area contributed by atoms with E-state index in [2.05, 4.69) is 5.32 Å². The average molecular weight is 394 g/mol. The molecule has 1 aliphatic rings. The molecule has 7 nitrogen and oxygen atoms in total. The van der Waals surface area contributed by atoms with Crippen molar-refractivity contribution < 1.29 is 24.2 Å². The number of nitrogens with zero attached hydrogens (tertiary/aromatic N) is 1. The van der Waals surface area contributed by atoms with Gasteiger partial charge in [0.25, 0.3) is 0 Å². The minimum absolute atomic E-state index is 0.0333. The monoisotopic (exact) mass is 394 g/mol. The van der Waals surface area contributed by atoms with Crippen LogP contribution in [0.15, 0.2) is 48.5 Å². The van der Waals surface area contributed by atoms with Gasteiger partial charge in [0.15, 0.2) is 0 Å². The average Bonchev–Trinajstić information content (AvgIpc) is 3.05. The molecule has 0 spiro atoms. The number of rotatable bonds is 8. The Kier molecular flexibility index (Phi) is 6.47. The first-order valence-electron chi connectivity index (χ1n) is 9.36. The van der Waals surface area contributed by atoms with Gasteiger partial charge in [-0.3, -0.25) is 0 Å². The third-order valence-corrected chi connectivity index (χ3v) is 4.89. The van der Waals surface area contributed by atoms with Crippen LogP contribution in [0.5, 0.6) is 0 Å². The van der Waals surface area contributed by atoms with Gasteiger partial charge in [-0.2, -0.15) is 5.26 Å². The lowest BCUT2D eigenvalue weighted by molar-refractivity contribution is -0.140. The number of hydrogen-bond acceptors (Lipinski definition) is 5. The third kappa shape index (κ3) is 4.73. The molecule has 2 aromatic rings. The highest BCUT2D eigenvalue weighted by Crippen LogP contribution is 2.44. The highest BCUT2D eigenvalue weighted by molar-refractivity contribution is 5.81. The van der Waals surface area contributed by atoms with E-state index in [1.807, 2.05) is 54.6 Å². The number of amides is 1. The van der Waals surface area contributed by atoms with Crippen LogP contribution in [0.2, 0.25) is 0 Å². The molecule has 2 unspecified atom stereocenters. The first kappa shape index (κ1) is 20.4. The van der Waals surface area contributed by atoms with Gasteiger partial charge in [-0.05, 0) is 29.2 Å². The van der Waals surface area contributed by atoms with E-state index in [9.17, 15) is 14.7 Å². The summed E-state index contributed by atoms with van der Waals surface area (Å²) in [5, 5.41) is 20.3. The molecule has 150 valence electrons. The normalized spacial score (nSPS) is 14.2. The van der Waals surface area contributed by atoms with Crippen molar-refractivity contribution in [2.45, 2.75) is 31.4 Å². The fourth-order valence-electron chi connectivity index (χ4n) is 3.44. The number of fused-ring (bicyclic) bond motifs is 3. The van der Waals surface area contributed by atoms with Crippen LogP contribution in [0.4, 0.5) is 4.79 Å². The molecule has 0 aromatic heterocycles. The summed E-state index contributed by atoms with van der Waals surface area (Å²) in [5.41, 5.74) is 4.39. The van der Waals surface area contributed by atoms with Gasteiger partial charge in [0, 0.05) is 12.3 Å². The number of carboxylic acid groups (broad SMARTS) is 1. The fraction of sp³-hybridized carbons (Fsp3) is 0.318. The van der Waals surface area contributed by atoms with Crippen molar-refractivity contribution in [3.05, 3.63) is 59.7 Å². The summed E-state index contributed by atoms with van der Waals surface area (Å²) in [7, 11) is 0. The molecule has 2 aromatic carbocycles. The molecule has 0 radical (unpaired) electrons. The Morgan fingerprint density at radius 3 is 2.28 bits per heavy atom. The molecule has 0 heterocycles. The molecule has 0 aliphatic heterocycles. The van der Waals surface area contributed by atoms with E-state index in [-0.39, 0.29) is 25.6 Å². The maximum Gasteiger partial charge on any atom is 0.407 e. The van der Waals surface area contributed by atoms with Crippen molar-refractivity contribution in [2.24, 2.45) is 0 Å². The van der Waals surface area contributed by atoms with Gasteiger partial charge in [-0.15, -0.1) is 0 Å². The zero-order valence-electron chi connectivity index (χ0n) is 16.0. The lowest BCUT2D eigenvalue weighted by atomic mass is 9.98. The number of ether oxygens (including phenoxy) is 2. The van der Waals surface area contributed by atoms with E-state index in [0.717, 1.165) is 22.3 Å². The predicted molar refractivity (Wildman–Crippen MR) is 105 cm³/mol. The number of alkyl carbamates (subject to hydrolysis) is 1. The summed E-state index contributed by atoms with van der Waals surface area (Å²) in [6, 6.07) is 16.7. The summed E-state index contributed by atoms with van der Waals surface area (Å²) >= 11 is 0. The Morgan fingerprint density at radius 1 is 1.14 bits per heavy atom. The summed E-state index contributed by atoms with van der Waals surface area (Å²) in [6.45, 7) is 1.71. The topological polar surface area (TPSA) is 109 Å². The Balaban J connectivity index is 1.60. The Labute approximate surface area is 168 Å². The van der Waals surface area contributed by atoms with Gasteiger partial charge < -0.3 is 19.9 Å². The van der Waals surface area contributed by atoms with Crippen LogP contribution >= 0.6 is 0 Å². The molecular formula is C22H22N2O5. The van der Waals surface area contributed by atoms with Gasteiger partial charge in [0.1, 0.15) is 18.8 Å². The van der Waals surface area contributed by atoms with Gasteiger partial charge >= 0.3 is 12.1 Å². The van der Waals surface area contributed by atoms with Crippen molar-refractivity contribution in [3.63, 3.8) is 0 Å². The van der Waals surface area contributed by atoms with E-state index in [0.29, 0.717) is 0 Å². The van der Waals surface area contributed by atoms with Gasteiger partial charge in [-0.25, -0.2) is 9.59 Å². The van der Waals surface area contributed by atoms with E-state index >= 15 is 0 Å². The SMILES string of the molecule is CC(C#N)OCCC(NC(=O)OCC1c2ccccc2-c2ccccc21)C(=O)O. The summed E-state index contributed by atoms with van der Waals surface area (Å²) in [6.07, 6.45) is -1.41. The number of carbonyl (C=O) groups is 2. The minimum Gasteiger partial charge on any atom is -0.480 e. The van der Waals surface area contributed by atoms with E-state index in [1.54, 1.807) is 6.92 Å². The number of carboxylic acids is 1. The van der Waals surface area contributed by atoms with Crippen LogP contribution in [0.25, 0.3) is 11.1 Å². The predicted octanol–water partition coefficient (Wildman–Crippen LogP) is 3.30. The molecule has 7 heteroatoms. The van der Waals surface area contributed by atoms with Gasteiger partial charge in [0.05, 0.1) is 12.7 Å². The first-order valence-corrected chi connectivity index (χ1v) is 9.36. The number of benzene rings is 2. The maximum atomic E-state index is 12.2. The highest BCUT2D eigenvalue weighted by Gasteiger charge is 2.29. The molecule has 1 amide bonds. The number of aliphatic carboxylic acids is 1. The van der Waals surface area contributed by atoms with Crippen LogP contribution in [0, 0.1) is 11.3 Å². The number of nitrogens with one attached hydrogen (secondary N) is 1. The van der Waals surface area contributed by atoms with Crippen molar-refractivity contribution in [3.8, 4) is 17.2 Å². The van der Waals surface area contributed by atoms with Crippen LogP contribution < -0.4 is 5.32 Å². The molecule has 1 aliphatic carbocycles. The van der Waals surface area contributed by atoms with Crippen LogP contribution in [-0.2, 0) is 14.3 Å². The van der Waals surface area contributed by atoms with Gasteiger partial charge in [-0.1, -0.05) is 48.5 Å². The smallest absolute Gasteiger partial charge is 0.407 e. The highest BCUT2D eigenvalue weighted by atomic mass is 16.5. The molecular weight excluding hydrogens is 372 g/mol. The number of hydrogen-bond donors (Lipinski definition) is 2. The quantitative estimate of drug-likeness (QED) is 0.711. The maximum absolute atomic E-state index is 12.2. The Hall–Kier alpha value is -3.37. The zero-order valence-corrected chi connectivity index (χ0v) is 16.0. The summed E-state index contributed by atoms with van der Waals surface area (Å²) in [5.74, 6) is -1.29. The second kappa shape index (κ2) is 9.22. The minimum atomic E-state index is -1.19. The molecule has 0 fully saturated rings. The van der Waals surface area contributed by atoms with Crippen molar-refractivity contribution in [2.75, 3.05) is 13.2 Å². The van der Waals surface area contributed by atoms with Crippen molar-refractivity contribution >= 4 is 12.1 Å². The third-order valence-electron chi connectivity index (χ3n) is 4.89. The summed E-state index contributed by atoms with van der Waals surface area (Å²) < 4.78 is 10.5. The van der Waals surface area contributed by atoms with Gasteiger partial charge in [0.2, 0.25) is 0 Å². The lowest BCUT2D eigenvalue weighted by Gasteiger charge is -2.17. The zero-order chi connectivity index (χ0) is 20.8. The van der Waals surface area contributed by atoms with E-state index < -0.39 is 24.2 Å². The van der Waals surface area contributed by atoms with Crippen LogP contribution in [0.3, 0.4) is 0 Å². The number of carbonyl (C=O) groups excluding carboxylic acids is 1. The van der Waals surface area contributed by atoms with Crippen molar-refractivity contribution in [1.29, 1.82) is 5.26 Å². The number of nitriles is 1. The fourth-order valence-corrected chi connectivity index (χ4v) is 3.44. The molecule has 2 atom stereocenters. The largest absolute Gasteiger partial charge is 0.480 e. The molecule has 29 heavy (non-hydrogen) atoms. The van der Waals surface area contributed by atoms with Crippen LogP contribution in [0.1, 0.15) is 30.4 Å². The van der Waals surface area contributed by atoms with Crippen molar-refractivity contribution in [1.82, 2.24) is 5.32 Å². The molecule has 3 rings (SSSR count). The summed E-state index contributed by atoms with van der Waals surface area (Å²) in [4.78, 5) is 23.6. The first-order chi connectivity index (χ1) is 14.0. The molecule has 0 saturated heterocycles. The van der Waals surface area contributed by atoms with E-state index in [1.165, 1.54) is 0 Å². The molecule has 0 saturated carbocycles. The molecule has 0 bridgehead atoms. The lowest BCUT2D eigenvalue weighted by Crippen LogP contribution is -2.42. The van der Waals surface area contributed by atoms with Crippen LogP contribution in [-0.4, -0.2) is 42.5 Å². The second-order valence-electron chi connectivity index (χ2n) is 6.79. The standard InChI is InChI=1S/C22H22N2O5/c1-14(12-23)28-11-10-20(21(25)26)24-22(27)29-13-19-17-8-4-2-6-15(17)16-7-3-5-9-18(16)19/h2-9,14,19-20H,10-11,13H2,1H3,(H,24,27)(H,25,26). The van der Waals surface area contributed by atoms with E-state index in [4.69, 9.17) is 14.7 Å². The Bertz CT molecular complexity index is 891. The Morgan fingerprint density at radius 2 is 1.72 bits per heavy atom. The second-order valence-corrected chi connectivity index (χ2v) is 6.79.